The molecule has 0 aliphatic carbocycles. The smallest absolute Gasteiger partial charge is 0.303 e. The molecule has 1 amide bonds. The quantitative estimate of drug-likeness (QED) is 0.753. The Balaban J connectivity index is 2.66. The van der Waals surface area contributed by atoms with Crippen molar-refractivity contribution in [1.82, 2.24) is 5.32 Å². The molecule has 0 spiro atoms. The van der Waals surface area contributed by atoms with E-state index in [-0.39, 0.29) is 12.5 Å². The lowest BCUT2D eigenvalue weighted by Gasteiger charge is -2.15. The Labute approximate surface area is 118 Å². The van der Waals surface area contributed by atoms with E-state index in [4.69, 9.17) is 16.7 Å². The number of halogens is 2. The van der Waals surface area contributed by atoms with Crippen LogP contribution >= 0.6 is 27.5 Å². The molecule has 4 nitrogen and oxygen atoms in total. The van der Waals surface area contributed by atoms with Gasteiger partial charge < -0.3 is 10.4 Å². The second-order valence-corrected chi connectivity index (χ2v) is 5.13. The Hall–Kier alpha value is -1.07. The summed E-state index contributed by atoms with van der Waals surface area (Å²) in [6.45, 7) is 0. The summed E-state index contributed by atoms with van der Waals surface area (Å²) in [5.74, 6) is -0.870. The van der Waals surface area contributed by atoms with E-state index in [1.807, 2.05) is 12.1 Å². The van der Waals surface area contributed by atoms with Crippen LogP contribution in [0.5, 0.6) is 0 Å². The number of aliphatic carboxylic acids is 1. The Morgan fingerprint density at radius 1 is 1.56 bits per heavy atom. The number of carbonyl (C=O) groups is 2. The monoisotopic (exact) mass is 333 g/mol. The van der Waals surface area contributed by atoms with Gasteiger partial charge in [-0.3, -0.25) is 9.59 Å². The van der Waals surface area contributed by atoms with Crippen LogP contribution in [0.1, 0.15) is 18.4 Å². The van der Waals surface area contributed by atoms with Crippen LogP contribution in [0, 0.1) is 0 Å². The number of hydrogen-bond acceptors (Lipinski definition) is 2. The molecular formula is C12H13BrClNO3. The van der Waals surface area contributed by atoms with Crippen LogP contribution < -0.4 is 5.32 Å². The van der Waals surface area contributed by atoms with Gasteiger partial charge in [0.15, 0.2) is 0 Å². The summed E-state index contributed by atoms with van der Waals surface area (Å²) in [5.41, 5.74) is 0.982. The molecule has 18 heavy (non-hydrogen) atoms. The van der Waals surface area contributed by atoms with Crippen LogP contribution in [0.3, 0.4) is 0 Å². The molecular weight excluding hydrogens is 321 g/mol. The number of hydrogen-bond donors (Lipinski definition) is 2. The largest absolute Gasteiger partial charge is 0.481 e. The molecule has 98 valence electrons. The van der Waals surface area contributed by atoms with Crippen molar-refractivity contribution in [2.45, 2.75) is 25.3 Å². The molecule has 0 heterocycles. The zero-order chi connectivity index (χ0) is 13.5. The van der Waals surface area contributed by atoms with Gasteiger partial charge >= 0.3 is 5.97 Å². The van der Waals surface area contributed by atoms with Crippen LogP contribution in [0.4, 0.5) is 0 Å². The van der Waals surface area contributed by atoms with E-state index in [0.717, 1.165) is 10.0 Å². The fourth-order valence-corrected chi connectivity index (χ4v) is 2.13. The molecule has 0 radical (unpaired) electrons. The highest BCUT2D eigenvalue weighted by atomic mass is 79.9. The van der Waals surface area contributed by atoms with E-state index < -0.39 is 5.97 Å². The highest BCUT2D eigenvalue weighted by Crippen LogP contribution is 2.24. The minimum atomic E-state index is -0.870. The van der Waals surface area contributed by atoms with Gasteiger partial charge in [0.05, 0.1) is 5.02 Å². The maximum absolute atomic E-state index is 10.5. The average molecular weight is 335 g/mol. The van der Waals surface area contributed by atoms with Crippen LogP contribution in [0.25, 0.3) is 0 Å². The first-order valence-electron chi connectivity index (χ1n) is 5.38. The third-order valence-corrected chi connectivity index (χ3v) is 3.69. The van der Waals surface area contributed by atoms with Gasteiger partial charge in [0.2, 0.25) is 6.41 Å². The Morgan fingerprint density at radius 2 is 2.28 bits per heavy atom. The van der Waals surface area contributed by atoms with Crippen molar-refractivity contribution in [3.8, 4) is 0 Å². The van der Waals surface area contributed by atoms with Crippen LogP contribution in [-0.2, 0) is 16.0 Å². The number of carboxylic acids is 1. The van der Waals surface area contributed by atoms with Gasteiger partial charge in [0, 0.05) is 16.9 Å². The predicted octanol–water partition coefficient (Wildman–Crippen LogP) is 2.62. The van der Waals surface area contributed by atoms with E-state index in [1.54, 1.807) is 6.07 Å². The maximum atomic E-state index is 10.5. The lowest BCUT2D eigenvalue weighted by Crippen LogP contribution is -2.30. The zero-order valence-electron chi connectivity index (χ0n) is 9.53. The van der Waals surface area contributed by atoms with Gasteiger partial charge in [0.1, 0.15) is 0 Å². The number of benzene rings is 1. The van der Waals surface area contributed by atoms with E-state index in [2.05, 4.69) is 21.2 Å². The molecule has 1 unspecified atom stereocenters. The average Bonchev–Trinajstić information content (AvgIpc) is 2.31. The summed E-state index contributed by atoms with van der Waals surface area (Å²) < 4.78 is 0.782. The summed E-state index contributed by atoms with van der Waals surface area (Å²) in [5, 5.41) is 11.9. The third-order valence-electron chi connectivity index (χ3n) is 2.48. The molecule has 0 bridgehead atoms. The first kappa shape index (κ1) is 15.0. The van der Waals surface area contributed by atoms with E-state index in [0.29, 0.717) is 24.3 Å². The summed E-state index contributed by atoms with van der Waals surface area (Å²) in [6, 6.07) is 5.29. The maximum Gasteiger partial charge on any atom is 0.303 e. The van der Waals surface area contributed by atoms with Gasteiger partial charge in [-0.1, -0.05) is 17.7 Å². The second-order valence-electron chi connectivity index (χ2n) is 3.87. The number of nitrogens with one attached hydrogen (secondary N) is 1. The first-order valence-corrected chi connectivity index (χ1v) is 6.55. The van der Waals surface area contributed by atoms with Crippen LogP contribution in [0.15, 0.2) is 22.7 Å². The molecule has 0 aliphatic heterocycles. The van der Waals surface area contributed by atoms with Crippen molar-refractivity contribution in [2.75, 3.05) is 0 Å². The first-order chi connectivity index (χ1) is 8.52. The van der Waals surface area contributed by atoms with Crippen molar-refractivity contribution in [3.05, 3.63) is 33.3 Å². The SMILES string of the molecule is O=CNC(CCC(=O)O)Cc1ccc(Cl)c(Br)c1. The van der Waals surface area contributed by atoms with Crippen molar-refractivity contribution in [2.24, 2.45) is 0 Å². The topological polar surface area (TPSA) is 66.4 Å². The fourth-order valence-electron chi connectivity index (χ4n) is 1.59. The molecule has 0 saturated carbocycles. The van der Waals surface area contributed by atoms with Crippen molar-refractivity contribution < 1.29 is 14.7 Å². The normalized spacial score (nSPS) is 11.9. The number of carbonyl (C=O) groups excluding carboxylic acids is 1. The molecule has 0 aromatic heterocycles. The molecule has 0 fully saturated rings. The van der Waals surface area contributed by atoms with Crippen molar-refractivity contribution in [3.63, 3.8) is 0 Å². The Bertz CT molecular complexity index is 439. The summed E-state index contributed by atoms with van der Waals surface area (Å²) >= 11 is 9.21. The number of carboxylic acid groups (broad SMARTS) is 1. The number of rotatable bonds is 7. The molecule has 0 aliphatic rings. The molecule has 1 rings (SSSR count). The summed E-state index contributed by atoms with van der Waals surface area (Å²) in [6.07, 6.45) is 1.59. The molecule has 6 heteroatoms. The lowest BCUT2D eigenvalue weighted by molar-refractivity contribution is -0.137. The minimum Gasteiger partial charge on any atom is -0.481 e. The second kappa shape index (κ2) is 7.38. The minimum absolute atomic E-state index is 0.0280. The highest BCUT2D eigenvalue weighted by Gasteiger charge is 2.11. The summed E-state index contributed by atoms with van der Waals surface area (Å²) in [4.78, 5) is 21.0. The van der Waals surface area contributed by atoms with Gasteiger partial charge in [-0.15, -0.1) is 0 Å². The molecule has 2 N–H and O–H groups in total. The van der Waals surface area contributed by atoms with Crippen LogP contribution in [-0.4, -0.2) is 23.5 Å². The van der Waals surface area contributed by atoms with Gasteiger partial charge in [-0.2, -0.15) is 0 Å². The zero-order valence-corrected chi connectivity index (χ0v) is 11.9. The lowest BCUT2D eigenvalue weighted by atomic mass is 10.0. The Kier molecular flexibility index (Phi) is 6.15. The standard InChI is InChI=1S/C12H13BrClNO3/c13-10-6-8(1-3-11(10)14)5-9(15-7-16)2-4-12(17)18/h1,3,6-7,9H,2,4-5H2,(H,15,16)(H,17,18). The Morgan fingerprint density at radius 3 is 2.83 bits per heavy atom. The predicted molar refractivity (Wildman–Crippen MR) is 72.7 cm³/mol. The fraction of sp³-hybridized carbons (Fsp3) is 0.333. The van der Waals surface area contributed by atoms with E-state index in [9.17, 15) is 9.59 Å². The highest BCUT2D eigenvalue weighted by molar-refractivity contribution is 9.10. The number of amides is 1. The molecule has 1 aromatic carbocycles. The summed E-state index contributed by atoms with van der Waals surface area (Å²) in [7, 11) is 0. The third kappa shape index (κ3) is 5.06. The van der Waals surface area contributed by atoms with Gasteiger partial charge in [0.25, 0.3) is 0 Å². The molecule has 1 atom stereocenters. The van der Waals surface area contributed by atoms with Crippen LogP contribution in [0.2, 0.25) is 5.02 Å². The molecule has 0 saturated heterocycles. The van der Waals surface area contributed by atoms with E-state index in [1.165, 1.54) is 0 Å². The van der Waals surface area contributed by atoms with E-state index >= 15 is 0 Å². The molecule has 1 aromatic rings. The van der Waals surface area contributed by atoms with Crippen molar-refractivity contribution >= 4 is 39.9 Å². The van der Waals surface area contributed by atoms with Gasteiger partial charge in [-0.05, 0) is 46.5 Å². The van der Waals surface area contributed by atoms with Gasteiger partial charge in [-0.25, -0.2) is 0 Å². The van der Waals surface area contributed by atoms with Crippen molar-refractivity contribution in [1.29, 1.82) is 0 Å².